The maximum absolute atomic E-state index is 14.1. The fourth-order valence-electron chi connectivity index (χ4n) is 4.07. The minimum absolute atomic E-state index is 0. The van der Waals surface area contributed by atoms with E-state index in [-0.39, 0.29) is 24.1 Å². The molecule has 0 bridgehead atoms. The summed E-state index contributed by atoms with van der Waals surface area (Å²) in [6.07, 6.45) is 3.53. The lowest BCUT2D eigenvalue weighted by atomic mass is 9.93. The zero-order valence-electron chi connectivity index (χ0n) is 20.4. The standard InChI is InChI=1S/C28H31FN2OS.ClH/c1-17-8-11-23(16-25(17)29)22(15-21-9-10-21)7-6-12-30-28-31-27(20(4)33-28)24-13-19(3)26(32-5)14-18(24)2;/h8,11,13-14,16,21-22H,9-10,12,15H2,1-5H3,(H,30,31);1H/t22-;/m0./s1. The number of anilines is 1. The van der Waals surface area contributed by atoms with Gasteiger partial charge in [-0.15, -0.1) is 23.7 Å². The summed E-state index contributed by atoms with van der Waals surface area (Å²) in [5.74, 6) is 8.21. The second-order valence-corrected chi connectivity index (χ2v) is 10.2. The molecule has 1 saturated carbocycles. The van der Waals surface area contributed by atoms with E-state index >= 15 is 0 Å². The fraction of sp³-hybridized carbons (Fsp3) is 0.393. The SMILES string of the molecule is COc1cc(C)c(-c2nc(NCC#C[C@@H](CC3CC3)c3ccc(C)c(F)c3)sc2C)cc1C.Cl. The number of benzene rings is 2. The summed E-state index contributed by atoms with van der Waals surface area (Å²) in [6.45, 7) is 8.55. The van der Waals surface area contributed by atoms with Gasteiger partial charge in [0.1, 0.15) is 11.6 Å². The molecule has 3 aromatic rings. The Morgan fingerprint density at radius 1 is 1.12 bits per heavy atom. The lowest BCUT2D eigenvalue weighted by Gasteiger charge is -2.11. The maximum atomic E-state index is 14.1. The minimum atomic E-state index is -0.150. The number of nitrogens with zero attached hydrogens (tertiary/aromatic N) is 1. The highest BCUT2D eigenvalue weighted by Gasteiger charge is 2.25. The highest BCUT2D eigenvalue weighted by Crippen LogP contribution is 2.39. The van der Waals surface area contributed by atoms with Crippen LogP contribution in [0.2, 0.25) is 0 Å². The Morgan fingerprint density at radius 3 is 2.56 bits per heavy atom. The van der Waals surface area contributed by atoms with Crippen molar-refractivity contribution in [3.05, 3.63) is 63.3 Å². The van der Waals surface area contributed by atoms with E-state index in [9.17, 15) is 4.39 Å². The van der Waals surface area contributed by atoms with Crippen LogP contribution in [0.3, 0.4) is 0 Å². The molecule has 1 atom stereocenters. The van der Waals surface area contributed by atoms with Crippen molar-refractivity contribution in [1.29, 1.82) is 0 Å². The van der Waals surface area contributed by atoms with Crippen LogP contribution in [0.5, 0.6) is 5.75 Å². The van der Waals surface area contributed by atoms with Crippen LogP contribution in [0.15, 0.2) is 30.3 Å². The van der Waals surface area contributed by atoms with E-state index in [1.807, 2.05) is 12.1 Å². The molecule has 0 radical (unpaired) electrons. The number of rotatable bonds is 7. The summed E-state index contributed by atoms with van der Waals surface area (Å²) in [4.78, 5) is 6.01. The summed E-state index contributed by atoms with van der Waals surface area (Å²) in [7, 11) is 1.70. The first-order valence-electron chi connectivity index (χ1n) is 11.5. The lowest BCUT2D eigenvalue weighted by Crippen LogP contribution is -2.02. The van der Waals surface area contributed by atoms with Crippen LogP contribution in [-0.4, -0.2) is 18.6 Å². The molecule has 3 nitrogen and oxygen atoms in total. The number of aromatic nitrogens is 1. The van der Waals surface area contributed by atoms with Gasteiger partial charge in [-0.2, -0.15) is 0 Å². The number of hydrogen-bond donors (Lipinski definition) is 1. The molecule has 34 heavy (non-hydrogen) atoms. The molecule has 1 fully saturated rings. The third-order valence-electron chi connectivity index (χ3n) is 6.26. The van der Waals surface area contributed by atoms with Gasteiger partial charge in [0.05, 0.1) is 19.3 Å². The van der Waals surface area contributed by atoms with E-state index in [2.05, 4.69) is 50.1 Å². The molecule has 1 heterocycles. The third kappa shape index (κ3) is 6.11. The molecule has 1 N–H and O–H groups in total. The number of hydrogen-bond acceptors (Lipinski definition) is 4. The Morgan fingerprint density at radius 2 is 1.88 bits per heavy atom. The predicted molar refractivity (Wildman–Crippen MR) is 143 cm³/mol. The smallest absolute Gasteiger partial charge is 0.184 e. The highest BCUT2D eigenvalue weighted by molar-refractivity contribution is 7.16. The summed E-state index contributed by atoms with van der Waals surface area (Å²) >= 11 is 1.64. The van der Waals surface area contributed by atoms with Gasteiger partial charge in [0.25, 0.3) is 0 Å². The normalized spacial score (nSPS) is 13.5. The molecule has 1 aliphatic rings. The van der Waals surface area contributed by atoms with Crippen molar-refractivity contribution in [2.75, 3.05) is 19.0 Å². The third-order valence-corrected chi connectivity index (χ3v) is 7.19. The van der Waals surface area contributed by atoms with Gasteiger partial charge < -0.3 is 10.1 Å². The summed E-state index contributed by atoms with van der Waals surface area (Å²) in [5.41, 5.74) is 6.03. The molecule has 0 unspecified atom stereocenters. The van der Waals surface area contributed by atoms with Crippen molar-refractivity contribution in [3.63, 3.8) is 0 Å². The molecule has 0 saturated heterocycles. The Labute approximate surface area is 212 Å². The van der Waals surface area contributed by atoms with Crippen LogP contribution in [0.4, 0.5) is 9.52 Å². The first-order valence-corrected chi connectivity index (χ1v) is 12.3. The van der Waals surface area contributed by atoms with Gasteiger partial charge in [0, 0.05) is 16.4 Å². The lowest BCUT2D eigenvalue weighted by molar-refractivity contribution is 0.411. The molecule has 0 spiro atoms. The summed E-state index contributed by atoms with van der Waals surface area (Å²) in [5, 5.41) is 4.23. The van der Waals surface area contributed by atoms with Gasteiger partial charge >= 0.3 is 0 Å². The quantitative estimate of drug-likeness (QED) is 0.340. The van der Waals surface area contributed by atoms with Gasteiger partial charge in [-0.3, -0.25) is 0 Å². The van der Waals surface area contributed by atoms with E-state index in [1.54, 1.807) is 31.4 Å². The van der Waals surface area contributed by atoms with Crippen LogP contribution in [0.25, 0.3) is 11.3 Å². The number of halogens is 2. The Kier molecular flexibility index (Phi) is 8.62. The average Bonchev–Trinajstić information content (AvgIpc) is 3.54. The molecule has 1 aliphatic carbocycles. The number of aryl methyl sites for hydroxylation is 4. The minimum Gasteiger partial charge on any atom is -0.496 e. The number of thiazole rings is 1. The van der Waals surface area contributed by atoms with Crippen molar-refractivity contribution in [2.24, 2.45) is 5.92 Å². The Balaban J connectivity index is 0.00000324. The van der Waals surface area contributed by atoms with Gasteiger partial charge in [-0.05, 0) is 80.5 Å². The van der Waals surface area contributed by atoms with E-state index < -0.39 is 0 Å². The molecular weight excluding hydrogens is 467 g/mol. The number of nitrogens with one attached hydrogen (secondary N) is 1. The van der Waals surface area contributed by atoms with E-state index in [1.165, 1.54) is 17.7 Å². The van der Waals surface area contributed by atoms with Gasteiger partial charge in [-0.1, -0.05) is 36.8 Å². The second-order valence-electron chi connectivity index (χ2n) is 8.98. The molecule has 6 heteroatoms. The molecule has 180 valence electrons. The maximum Gasteiger partial charge on any atom is 0.184 e. The van der Waals surface area contributed by atoms with Crippen molar-refractivity contribution in [2.45, 2.75) is 52.9 Å². The zero-order valence-corrected chi connectivity index (χ0v) is 22.1. The van der Waals surface area contributed by atoms with Crippen LogP contribution < -0.4 is 10.1 Å². The van der Waals surface area contributed by atoms with Gasteiger partial charge in [0.15, 0.2) is 5.13 Å². The number of methoxy groups -OCH3 is 1. The van der Waals surface area contributed by atoms with Crippen LogP contribution in [0.1, 0.15) is 52.3 Å². The molecule has 4 rings (SSSR count). The Bertz CT molecular complexity index is 1220. The van der Waals surface area contributed by atoms with Crippen LogP contribution >= 0.6 is 23.7 Å². The first-order chi connectivity index (χ1) is 15.9. The van der Waals surface area contributed by atoms with Crippen molar-refractivity contribution in [3.8, 4) is 28.8 Å². The van der Waals surface area contributed by atoms with Gasteiger partial charge in [-0.25, -0.2) is 9.37 Å². The largest absolute Gasteiger partial charge is 0.496 e. The molecule has 1 aromatic heterocycles. The van der Waals surface area contributed by atoms with Gasteiger partial charge in [0.2, 0.25) is 0 Å². The average molecular weight is 499 g/mol. The topological polar surface area (TPSA) is 34.1 Å². The first kappa shape index (κ1) is 26.1. The van der Waals surface area contributed by atoms with Crippen LogP contribution in [0, 0.1) is 51.3 Å². The van der Waals surface area contributed by atoms with Crippen LogP contribution in [-0.2, 0) is 0 Å². The van der Waals surface area contributed by atoms with Crippen molar-refractivity contribution < 1.29 is 9.13 Å². The highest BCUT2D eigenvalue weighted by atomic mass is 35.5. The molecule has 2 aromatic carbocycles. The molecule has 0 amide bonds. The van der Waals surface area contributed by atoms with Crippen molar-refractivity contribution >= 4 is 28.9 Å². The fourth-order valence-corrected chi connectivity index (χ4v) is 4.90. The summed E-state index contributed by atoms with van der Waals surface area (Å²) < 4.78 is 19.5. The zero-order chi connectivity index (χ0) is 23.5. The predicted octanol–water partition coefficient (Wildman–Crippen LogP) is 7.61. The van der Waals surface area contributed by atoms with Crippen molar-refractivity contribution in [1.82, 2.24) is 4.98 Å². The summed E-state index contributed by atoms with van der Waals surface area (Å²) in [6, 6.07) is 9.73. The van der Waals surface area contributed by atoms with E-state index in [0.29, 0.717) is 12.1 Å². The number of ether oxygens (including phenoxy) is 1. The van der Waals surface area contributed by atoms with E-state index in [0.717, 1.165) is 51.2 Å². The monoisotopic (exact) mass is 498 g/mol. The Hall–Kier alpha value is -2.55. The molecule has 0 aliphatic heterocycles. The second kappa shape index (κ2) is 11.3. The molecular formula is C28H32ClFN2OS. The van der Waals surface area contributed by atoms with E-state index in [4.69, 9.17) is 9.72 Å².